The highest BCUT2D eigenvalue weighted by Gasteiger charge is 2.01. The van der Waals surface area contributed by atoms with Crippen molar-refractivity contribution in [1.82, 2.24) is 0 Å². The van der Waals surface area contributed by atoms with E-state index < -0.39 is 0 Å². The number of thiol groups is 1. The van der Waals surface area contributed by atoms with E-state index in [-0.39, 0.29) is 5.97 Å². The van der Waals surface area contributed by atoms with Crippen LogP contribution in [0.4, 0.5) is 0 Å². The average molecular weight is 371 g/mol. The summed E-state index contributed by atoms with van der Waals surface area (Å²) in [4.78, 5) is 11.3. The molecule has 0 spiro atoms. The summed E-state index contributed by atoms with van der Waals surface area (Å²) in [5.74, 6) is 0.549. The Labute approximate surface area is 162 Å². The molecule has 0 aliphatic carbocycles. The second-order valence-electron chi connectivity index (χ2n) is 6.99. The van der Waals surface area contributed by atoms with Gasteiger partial charge in [0, 0.05) is 12.2 Å². The van der Waals surface area contributed by atoms with Crippen LogP contribution in [-0.4, -0.2) is 18.3 Å². The maximum atomic E-state index is 11.3. The van der Waals surface area contributed by atoms with Crippen LogP contribution in [0, 0.1) is 0 Å². The summed E-state index contributed by atoms with van der Waals surface area (Å²) in [6.45, 7) is 2.69. The fraction of sp³-hybridized carbons (Fsp3) is 0.864. The van der Waals surface area contributed by atoms with Gasteiger partial charge >= 0.3 is 5.97 Å². The minimum Gasteiger partial charge on any atom is -0.465 e. The Balaban J connectivity index is 3.09. The molecule has 3 heteroatoms. The van der Waals surface area contributed by atoms with Gasteiger partial charge in [-0.05, 0) is 25.7 Å². The SMILES string of the molecule is CCCC/C=C/CCCCCCCCCCCCCC(=O)OCCS. The molecular weight excluding hydrogens is 328 g/mol. The lowest BCUT2D eigenvalue weighted by molar-refractivity contribution is -0.143. The van der Waals surface area contributed by atoms with E-state index in [1.54, 1.807) is 0 Å². The number of carbonyl (C=O) groups is 1. The molecule has 0 atom stereocenters. The predicted octanol–water partition coefficient (Wildman–Crippen LogP) is 7.28. The molecule has 0 radical (unpaired) electrons. The van der Waals surface area contributed by atoms with E-state index in [0.29, 0.717) is 18.8 Å². The minimum atomic E-state index is -0.0644. The molecule has 0 fully saturated rings. The van der Waals surface area contributed by atoms with E-state index in [1.165, 1.54) is 83.5 Å². The molecule has 0 saturated carbocycles. The summed E-state index contributed by atoms with van der Waals surface area (Å²) in [7, 11) is 0. The molecule has 0 N–H and O–H groups in total. The molecule has 0 heterocycles. The summed E-state index contributed by atoms with van der Waals surface area (Å²) in [5.41, 5.74) is 0. The summed E-state index contributed by atoms with van der Waals surface area (Å²) in [5, 5.41) is 0. The Bertz CT molecular complexity index is 302. The number of carbonyl (C=O) groups excluding carboxylic acids is 1. The van der Waals surface area contributed by atoms with Crippen molar-refractivity contribution in [2.75, 3.05) is 12.4 Å². The maximum absolute atomic E-state index is 11.3. The minimum absolute atomic E-state index is 0.0644. The normalized spacial score (nSPS) is 11.3. The molecule has 25 heavy (non-hydrogen) atoms. The van der Waals surface area contributed by atoms with Gasteiger partial charge in [0.15, 0.2) is 0 Å². The number of rotatable bonds is 19. The third-order valence-electron chi connectivity index (χ3n) is 4.50. The first kappa shape index (κ1) is 24.6. The van der Waals surface area contributed by atoms with Crippen molar-refractivity contribution in [2.45, 2.75) is 110 Å². The molecule has 0 unspecified atom stereocenters. The molecule has 0 amide bonds. The van der Waals surface area contributed by atoms with Gasteiger partial charge in [-0.15, -0.1) is 0 Å². The highest BCUT2D eigenvalue weighted by atomic mass is 32.1. The molecule has 2 nitrogen and oxygen atoms in total. The van der Waals surface area contributed by atoms with Crippen molar-refractivity contribution in [3.8, 4) is 0 Å². The van der Waals surface area contributed by atoms with Crippen LogP contribution in [0.1, 0.15) is 110 Å². The lowest BCUT2D eigenvalue weighted by Crippen LogP contribution is -2.06. The van der Waals surface area contributed by atoms with Gasteiger partial charge in [-0.1, -0.05) is 89.7 Å². The second kappa shape index (κ2) is 21.6. The molecular formula is C22H42O2S. The zero-order valence-corrected chi connectivity index (χ0v) is 17.5. The molecule has 0 saturated heterocycles. The quantitative estimate of drug-likeness (QED) is 0.112. The first-order chi connectivity index (χ1) is 12.3. The molecule has 0 aromatic carbocycles. The van der Waals surface area contributed by atoms with Gasteiger partial charge in [0.05, 0.1) is 0 Å². The average Bonchev–Trinajstić information content (AvgIpc) is 2.62. The molecule has 0 bridgehead atoms. The molecule has 148 valence electrons. The monoisotopic (exact) mass is 370 g/mol. The molecule has 0 aliphatic heterocycles. The summed E-state index contributed by atoms with van der Waals surface area (Å²) in [6, 6.07) is 0. The van der Waals surface area contributed by atoms with Crippen molar-refractivity contribution in [3.05, 3.63) is 12.2 Å². The van der Waals surface area contributed by atoms with Crippen LogP contribution in [0.2, 0.25) is 0 Å². The van der Waals surface area contributed by atoms with E-state index in [9.17, 15) is 4.79 Å². The van der Waals surface area contributed by atoms with Crippen LogP contribution < -0.4 is 0 Å². The zero-order valence-electron chi connectivity index (χ0n) is 16.6. The second-order valence-corrected chi connectivity index (χ2v) is 7.43. The fourth-order valence-corrected chi connectivity index (χ4v) is 3.00. The van der Waals surface area contributed by atoms with Crippen molar-refractivity contribution in [3.63, 3.8) is 0 Å². The van der Waals surface area contributed by atoms with Crippen molar-refractivity contribution in [1.29, 1.82) is 0 Å². The first-order valence-electron chi connectivity index (χ1n) is 10.7. The van der Waals surface area contributed by atoms with Gasteiger partial charge in [0.25, 0.3) is 0 Å². The lowest BCUT2D eigenvalue weighted by atomic mass is 10.0. The lowest BCUT2D eigenvalue weighted by Gasteiger charge is -2.04. The van der Waals surface area contributed by atoms with Gasteiger partial charge in [-0.25, -0.2) is 0 Å². The van der Waals surface area contributed by atoms with Gasteiger partial charge in [-0.3, -0.25) is 4.79 Å². The Morgan fingerprint density at radius 3 is 1.76 bits per heavy atom. The van der Waals surface area contributed by atoms with E-state index in [4.69, 9.17) is 4.74 Å². The summed E-state index contributed by atoms with van der Waals surface area (Å²) >= 11 is 4.02. The smallest absolute Gasteiger partial charge is 0.305 e. The molecule has 0 rings (SSSR count). The van der Waals surface area contributed by atoms with Crippen molar-refractivity contribution >= 4 is 18.6 Å². The van der Waals surface area contributed by atoms with E-state index in [2.05, 4.69) is 31.7 Å². The molecule has 0 aromatic heterocycles. The highest BCUT2D eigenvalue weighted by molar-refractivity contribution is 7.80. The zero-order chi connectivity index (χ0) is 18.4. The predicted molar refractivity (Wildman–Crippen MR) is 113 cm³/mol. The van der Waals surface area contributed by atoms with Crippen LogP contribution in [0.25, 0.3) is 0 Å². The number of unbranched alkanes of at least 4 members (excludes halogenated alkanes) is 13. The van der Waals surface area contributed by atoms with Crippen LogP contribution in [0.3, 0.4) is 0 Å². The molecule has 0 aliphatic rings. The number of ether oxygens (including phenoxy) is 1. The highest BCUT2D eigenvalue weighted by Crippen LogP contribution is 2.13. The topological polar surface area (TPSA) is 26.3 Å². The Kier molecular flexibility index (Phi) is 21.2. The third kappa shape index (κ3) is 21.5. The van der Waals surface area contributed by atoms with Gasteiger partial charge in [-0.2, -0.15) is 12.6 Å². The van der Waals surface area contributed by atoms with Gasteiger partial charge in [0.1, 0.15) is 6.61 Å². The Morgan fingerprint density at radius 2 is 1.24 bits per heavy atom. The maximum Gasteiger partial charge on any atom is 0.305 e. The van der Waals surface area contributed by atoms with Crippen LogP contribution in [-0.2, 0) is 9.53 Å². The number of hydrogen-bond donors (Lipinski definition) is 1. The van der Waals surface area contributed by atoms with E-state index in [0.717, 1.165) is 12.8 Å². The van der Waals surface area contributed by atoms with Gasteiger partial charge in [0.2, 0.25) is 0 Å². The van der Waals surface area contributed by atoms with E-state index >= 15 is 0 Å². The van der Waals surface area contributed by atoms with E-state index in [1.807, 2.05) is 0 Å². The summed E-state index contributed by atoms with van der Waals surface area (Å²) < 4.78 is 5.00. The van der Waals surface area contributed by atoms with Crippen LogP contribution >= 0.6 is 12.6 Å². The van der Waals surface area contributed by atoms with Gasteiger partial charge < -0.3 is 4.74 Å². The van der Waals surface area contributed by atoms with Crippen LogP contribution in [0.5, 0.6) is 0 Å². The van der Waals surface area contributed by atoms with Crippen molar-refractivity contribution < 1.29 is 9.53 Å². The first-order valence-corrected chi connectivity index (χ1v) is 11.4. The Hall–Kier alpha value is -0.440. The number of esters is 1. The third-order valence-corrected chi connectivity index (χ3v) is 4.68. The van der Waals surface area contributed by atoms with Crippen LogP contribution in [0.15, 0.2) is 12.2 Å². The largest absolute Gasteiger partial charge is 0.465 e. The van der Waals surface area contributed by atoms with Crippen molar-refractivity contribution in [2.24, 2.45) is 0 Å². The summed E-state index contributed by atoms with van der Waals surface area (Å²) in [6.07, 6.45) is 24.8. The fourth-order valence-electron chi connectivity index (χ4n) is 2.91. The molecule has 0 aromatic rings. The standard InChI is InChI=1S/C22H42O2S/c1-2-3-4-5-6-7-8-9-10-11-12-13-14-15-16-17-18-19-22(23)24-20-21-25/h5-6,25H,2-4,7-21H2,1H3/b6-5+. The Morgan fingerprint density at radius 1 is 0.760 bits per heavy atom. The number of allylic oxidation sites excluding steroid dienone is 2. The number of hydrogen-bond acceptors (Lipinski definition) is 3.